The van der Waals surface area contributed by atoms with E-state index in [1.165, 1.54) is 16.7 Å². The van der Waals surface area contributed by atoms with Crippen molar-refractivity contribution in [3.8, 4) is 0 Å². The summed E-state index contributed by atoms with van der Waals surface area (Å²) in [7, 11) is 0. The van der Waals surface area contributed by atoms with Gasteiger partial charge in [0.15, 0.2) is 0 Å². The van der Waals surface area contributed by atoms with Gasteiger partial charge in [-0.15, -0.1) is 0 Å². The summed E-state index contributed by atoms with van der Waals surface area (Å²) >= 11 is 5.85. The van der Waals surface area contributed by atoms with Gasteiger partial charge < -0.3 is 0 Å². The topological polar surface area (TPSA) is 0 Å². The first-order chi connectivity index (χ1) is 5.25. The third kappa shape index (κ3) is 1.19. The molecular weight excluding hydrogens is 156 g/mol. The number of benzene rings is 1. The zero-order valence-electron chi connectivity index (χ0n) is 6.39. The highest BCUT2D eigenvalue weighted by molar-refractivity contribution is 6.30. The summed E-state index contributed by atoms with van der Waals surface area (Å²) in [5, 5.41) is 0.840. The first-order valence-electron chi connectivity index (χ1n) is 3.71. The zero-order chi connectivity index (χ0) is 7.84. The molecule has 0 saturated carbocycles. The van der Waals surface area contributed by atoms with Crippen molar-refractivity contribution in [2.75, 3.05) is 0 Å². The highest BCUT2D eigenvalue weighted by Gasteiger charge is 2.08. The molecule has 11 heavy (non-hydrogen) atoms. The van der Waals surface area contributed by atoms with Gasteiger partial charge in [0.05, 0.1) is 0 Å². The minimum atomic E-state index is 0.840. The first kappa shape index (κ1) is 6.93. The average molecular weight is 165 g/mol. The molecule has 0 atom stereocenters. The van der Waals surface area contributed by atoms with Crippen LogP contribution in [0.25, 0.3) is 6.08 Å². The third-order valence-electron chi connectivity index (χ3n) is 1.98. The molecule has 2 rings (SSSR count). The summed E-state index contributed by atoms with van der Waals surface area (Å²) in [6, 6.07) is 6.06. The summed E-state index contributed by atoms with van der Waals surface area (Å²) in [5.41, 5.74) is 4.10. The van der Waals surface area contributed by atoms with E-state index in [2.05, 4.69) is 19.1 Å². The molecule has 0 aromatic heterocycles. The maximum absolute atomic E-state index is 5.85. The summed E-state index contributed by atoms with van der Waals surface area (Å²) in [4.78, 5) is 0. The van der Waals surface area contributed by atoms with Crippen molar-refractivity contribution in [1.82, 2.24) is 0 Å². The molecule has 0 saturated heterocycles. The van der Waals surface area contributed by atoms with Gasteiger partial charge in [-0.3, -0.25) is 0 Å². The highest BCUT2D eigenvalue weighted by atomic mass is 35.5. The Kier molecular flexibility index (Phi) is 1.50. The van der Waals surface area contributed by atoms with Crippen LogP contribution in [0.4, 0.5) is 0 Å². The lowest BCUT2D eigenvalue weighted by molar-refractivity contribution is 1.20. The number of rotatable bonds is 0. The molecule has 0 unspecified atom stereocenters. The molecule has 1 aliphatic rings. The second kappa shape index (κ2) is 2.38. The summed E-state index contributed by atoms with van der Waals surface area (Å²) < 4.78 is 0. The van der Waals surface area contributed by atoms with Crippen molar-refractivity contribution in [1.29, 1.82) is 0 Å². The Balaban J connectivity index is 2.52. The van der Waals surface area contributed by atoms with E-state index in [0.717, 1.165) is 11.4 Å². The van der Waals surface area contributed by atoms with Crippen LogP contribution in [0.3, 0.4) is 0 Å². The molecule has 0 aliphatic heterocycles. The highest BCUT2D eigenvalue weighted by Crippen LogP contribution is 2.26. The SMILES string of the molecule is CC1=Cc2ccc(Cl)cc2C1. The molecule has 1 heteroatoms. The normalized spacial score (nSPS) is 14.5. The lowest BCUT2D eigenvalue weighted by atomic mass is 10.1. The molecule has 1 aromatic carbocycles. The van der Waals surface area contributed by atoms with Crippen LogP contribution in [0.2, 0.25) is 5.02 Å². The third-order valence-corrected chi connectivity index (χ3v) is 2.21. The average Bonchev–Trinajstić information content (AvgIpc) is 2.27. The zero-order valence-corrected chi connectivity index (χ0v) is 7.15. The van der Waals surface area contributed by atoms with E-state index in [-0.39, 0.29) is 0 Å². The molecule has 1 aliphatic carbocycles. The lowest BCUT2D eigenvalue weighted by Crippen LogP contribution is -1.81. The van der Waals surface area contributed by atoms with Crippen molar-refractivity contribution < 1.29 is 0 Å². The van der Waals surface area contributed by atoms with Gasteiger partial charge in [0.25, 0.3) is 0 Å². The Morgan fingerprint density at radius 1 is 1.36 bits per heavy atom. The van der Waals surface area contributed by atoms with Crippen molar-refractivity contribution in [2.45, 2.75) is 13.3 Å². The predicted octanol–water partition coefficient (Wildman–Crippen LogP) is 3.30. The smallest absolute Gasteiger partial charge is 0.0409 e. The summed E-state index contributed by atoms with van der Waals surface area (Å²) in [6.07, 6.45) is 3.28. The van der Waals surface area contributed by atoms with Crippen LogP contribution in [-0.2, 0) is 6.42 Å². The van der Waals surface area contributed by atoms with Gasteiger partial charge >= 0.3 is 0 Å². The quantitative estimate of drug-likeness (QED) is 0.552. The molecule has 56 valence electrons. The van der Waals surface area contributed by atoms with Gasteiger partial charge in [-0.2, -0.15) is 0 Å². The fourth-order valence-electron chi connectivity index (χ4n) is 1.49. The molecule has 0 amide bonds. The Labute approximate surface area is 71.5 Å². The van der Waals surface area contributed by atoms with E-state index in [1.54, 1.807) is 0 Å². The lowest BCUT2D eigenvalue weighted by Gasteiger charge is -1.97. The van der Waals surface area contributed by atoms with E-state index >= 15 is 0 Å². The fourth-order valence-corrected chi connectivity index (χ4v) is 1.68. The van der Waals surface area contributed by atoms with Gasteiger partial charge in [0.2, 0.25) is 0 Å². The predicted molar refractivity (Wildman–Crippen MR) is 48.8 cm³/mol. The largest absolute Gasteiger partial charge is 0.0843 e. The van der Waals surface area contributed by atoms with Crippen molar-refractivity contribution in [3.63, 3.8) is 0 Å². The minimum Gasteiger partial charge on any atom is -0.0843 e. The Morgan fingerprint density at radius 2 is 2.18 bits per heavy atom. The van der Waals surface area contributed by atoms with Crippen molar-refractivity contribution >= 4 is 17.7 Å². The number of allylic oxidation sites excluding steroid dienone is 1. The van der Waals surface area contributed by atoms with E-state index in [1.807, 2.05) is 12.1 Å². The van der Waals surface area contributed by atoms with Crippen LogP contribution in [0.5, 0.6) is 0 Å². The van der Waals surface area contributed by atoms with Crippen LogP contribution in [-0.4, -0.2) is 0 Å². The van der Waals surface area contributed by atoms with Crippen LogP contribution in [0.1, 0.15) is 18.1 Å². The van der Waals surface area contributed by atoms with Crippen molar-refractivity contribution in [3.05, 3.63) is 39.9 Å². The molecule has 0 bridgehead atoms. The summed E-state index contributed by atoms with van der Waals surface area (Å²) in [5.74, 6) is 0. The minimum absolute atomic E-state index is 0.840. The molecule has 0 fully saturated rings. The van der Waals surface area contributed by atoms with E-state index < -0.39 is 0 Å². The van der Waals surface area contributed by atoms with E-state index in [9.17, 15) is 0 Å². The van der Waals surface area contributed by atoms with Crippen LogP contribution < -0.4 is 0 Å². The second-order valence-corrected chi connectivity index (χ2v) is 3.45. The fraction of sp³-hybridized carbons (Fsp3) is 0.200. The van der Waals surface area contributed by atoms with Crippen LogP contribution in [0.15, 0.2) is 23.8 Å². The maximum Gasteiger partial charge on any atom is 0.0409 e. The standard InChI is InChI=1S/C10H9Cl/c1-7-4-8-2-3-10(11)6-9(8)5-7/h2-4,6H,5H2,1H3. The molecule has 0 spiro atoms. The molecular formula is C10H9Cl. The van der Waals surface area contributed by atoms with Crippen molar-refractivity contribution in [2.24, 2.45) is 0 Å². The summed E-state index contributed by atoms with van der Waals surface area (Å²) in [6.45, 7) is 2.15. The second-order valence-electron chi connectivity index (χ2n) is 3.01. The molecule has 1 aromatic rings. The molecule has 0 nitrogen and oxygen atoms in total. The molecule has 0 N–H and O–H groups in total. The Bertz CT molecular complexity index is 324. The van der Waals surface area contributed by atoms with E-state index in [4.69, 9.17) is 11.6 Å². The van der Waals surface area contributed by atoms with Gasteiger partial charge in [-0.25, -0.2) is 0 Å². The molecule has 0 radical (unpaired) electrons. The number of hydrogen-bond donors (Lipinski definition) is 0. The van der Waals surface area contributed by atoms with Gasteiger partial charge in [0, 0.05) is 5.02 Å². The van der Waals surface area contributed by atoms with Crippen LogP contribution in [0, 0.1) is 0 Å². The Hall–Kier alpha value is -0.750. The van der Waals surface area contributed by atoms with Crippen LogP contribution >= 0.6 is 11.6 Å². The monoisotopic (exact) mass is 164 g/mol. The number of fused-ring (bicyclic) bond motifs is 1. The Morgan fingerprint density at radius 3 is 3.00 bits per heavy atom. The van der Waals surface area contributed by atoms with Gasteiger partial charge in [-0.1, -0.05) is 29.3 Å². The van der Waals surface area contributed by atoms with Gasteiger partial charge in [-0.05, 0) is 36.6 Å². The number of halogens is 1. The molecule has 0 heterocycles. The maximum atomic E-state index is 5.85. The van der Waals surface area contributed by atoms with Gasteiger partial charge in [0.1, 0.15) is 0 Å². The van der Waals surface area contributed by atoms with E-state index in [0.29, 0.717) is 0 Å². The number of hydrogen-bond acceptors (Lipinski definition) is 0. The first-order valence-corrected chi connectivity index (χ1v) is 4.09.